The first-order chi connectivity index (χ1) is 12.4. The third-order valence-electron chi connectivity index (χ3n) is 4.40. The summed E-state index contributed by atoms with van der Waals surface area (Å²) in [7, 11) is 0. The highest BCUT2D eigenvalue weighted by molar-refractivity contribution is 6.32. The molecular weight excluding hydrogens is 367 g/mol. The van der Waals surface area contributed by atoms with E-state index in [4.69, 9.17) is 16.3 Å². The third kappa shape index (κ3) is 3.99. The number of ether oxygens (including phenoxy) is 1. The van der Waals surface area contributed by atoms with Crippen LogP contribution in [0.25, 0.3) is 5.69 Å². The minimum atomic E-state index is -4.44. The zero-order valence-corrected chi connectivity index (χ0v) is 15.3. The van der Waals surface area contributed by atoms with Crippen molar-refractivity contribution < 1.29 is 17.9 Å². The Labute approximate surface area is 155 Å². The molecule has 1 aromatic carbocycles. The van der Waals surface area contributed by atoms with Crippen LogP contribution in [-0.4, -0.2) is 29.5 Å². The van der Waals surface area contributed by atoms with E-state index in [0.29, 0.717) is 19.6 Å². The Morgan fingerprint density at radius 2 is 2.12 bits per heavy atom. The molecule has 0 fully saturated rings. The quantitative estimate of drug-likeness (QED) is 0.744. The van der Waals surface area contributed by atoms with Gasteiger partial charge in [-0.15, -0.1) is 0 Å². The van der Waals surface area contributed by atoms with Crippen LogP contribution in [0, 0.1) is 0 Å². The molecule has 8 heteroatoms. The molecule has 0 unspecified atom stereocenters. The van der Waals surface area contributed by atoms with Crippen molar-refractivity contribution in [2.24, 2.45) is 0 Å². The second kappa shape index (κ2) is 7.88. The number of fused-ring (bicyclic) bond motifs is 1. The van der Waals surface area contributed by atoms with Gasteiger partial charge in [-0.05, 0) is 44.4 Å². The predicted octanol–water partition coefficient (Wildman–Crippen LogP) is 4.87. The number of benzene rings is 1. The van der Waals surface area contributed by atoms with E-state index in [9.17, 15) is 13.2 Å². The number of aromatic nitrogens is 2. The summed E-state index contributed by atoms with van der Waals surface area (Å²) in [6.07, 6.45) is -0.990. The Balaban J connectivity index is 2.07. The molecule has 4 nitrogen and oxygen atoms in total. The summed E-state index contributed by atoms with van der Waals surface area (Å²) >= 11 is 6.22. The van der Waals surface area contributed by atoms with E-state index in [-0.39, 0.29) is 10.7 Å². The number of hydrogen-bond acceptors (Lipinski definition) is 3. The Morgan fingerprint density at radius 3 is 2.85 bits per heavy atom. The molecule has 0 atom stereocenters. The summed E-state index contributed by atoms with van der Waals surface area (Å²) in [5.74, 6) is 0.732. The van der Waals surface area contributed by atoms with Crippen LogP contribution in [0.15, 0.2) is 18.2 Å². The summed E-state index contributed by atoms with van der Waals surface area (Å²) in [4.78, 5) is 0. The van der Waals surface area contributed by atoms with Gasteiger partial charge in [0.2, 0.25) is 0 Å². The number of anilines is 1. The fraction of sp³-hybridized carbons (Fsp3) is 0.500. The van der Waals surface area contributed by atoms with Crippen LogP contribution in [0.1, 0.15) is 36.6 Å². The van der Waals surface area contributed by atoms with Crippen LogP contribution < -0.4 is 5.32 Å². The highest BCUT2D eigenvalue weighted by Gasteiger charge is 2.32. The maximum Gasteiger partial charge on any atom is 0.416 e. The van der Waals surface area contributed by atoms with Gasteiger partial charge in [0.15, 0.2) is 0 Å². The highest BCUT2D eigenvalue weighted by Crippen LogP contribution is 2.36. The van der Waals surface area contributed by atoms with Gasteiger partial charge in [0.25, 0.3) is 0 Å². The molecule has 2 heterocycles. The zero-order valence-electron chi connectivity index (χ0n) is 14.5. The third-order valence-corrected chi connectivity index (χ3v) is 4.72. The smallest absolute Gasteiger partial charge is 0.381 e. The van der Waals surface area contributed by atoms with Gasteiger partial charge in [-0.1, -0.05) is 11.6 Å². The number of halogens is 4. The topological polar surface area (TPSA) is 39.1 Å². The standard InChI is InChI=1S/C18H21ClF3N3O/c1-2-26-10-8-15-13-5-3-4-9-23-17(13)25(24-15)16-11-12(18(20,21)22)6-7-14(16)19/h6-7,11,23H,2-5,8-10H2,1H3. The van der Waals surface area contributed by atoms with Crippen molar-refractivity contribution in [3.63, 3.8) is 0 Å². The van der Waals surface area contributed by atoms with E-state index >= 15 is 0 Å². The predicted molar refractivity (Wildman–Crippen MR) is 95.2 cm³/mol. The normalized spacial score (nSPS) is 14.7. The molecule has 1 N–H and O–H groups in total. The first-order valence-corrected chi connectivity index (χ1v) is 9.09. The molecular formula is C18H21ClF3N3O. The average molecular weight is 388 g/mol. The van der Waals surface area contributed by atoms with Gasteiger partial charge in [-0.25, -0.2) is 4.68 Å². The Morgan fingerprint density at radius 1 is 1.31 bits per heavy atom. The van der Waals surface area contributed by atoms with Gasteiger partial charge >= 0.3 is 6.18 Å². The molecule has 0 spiro atoms. The van der Waals surface area contributed by atoms with Gasteiger partial charge in [0.05, 0.1) is 28.6 Å². The minimum Gasteiger partial charge on any atom is -0.381 e. The van der Waals surface area contributed by atoms with E-state index in [1.54, 1.807) is 0 Å². The van der Waals surface area contributed by atoms with Crippen molar-refractivity contribution in [1.82, 2.24) is 9.78 Å². The molecule has 0 aliphatic carbocycles. The second-order valence-corrected chi connectivity index (χ2v) is 6.59. The lowest BCUT2D eigenvalue weighted by Gasteiger charge is -2.13. The number of hydrogen-bond donors (Lipinski definition) is 1. The molecule has 0 saturated carbocycles. The number of rotatable bonds is 5. The van der Waals surface area contributed by atoms with E-state index in [0.717, 1.165) is 55.0 Å². The largest absolute Gasteiger partial charge is 0.416 e. The van der Waals surface area contributed by atoms with Gasteiger partial charge in [0, 0.05) is 25.1 Å². The van der Waals surface area contributed by atoms with E-state index in [1.807, 2.05) is 6.92 Å². The molecule has 0 bridgehead atoms. The van der Waals surface area contributed by atoms with Crippen molar-refractivity contribution in [3.8, 4) is 5.69 Å². The van der Waals surface area contributed by atoms with Crippen LogP contribution in [0.2, 0.25) is 5.02 Å². The van der Waals surface area contributed by atoms with Crippen LogP contribution in [0.5, 0.6) is 0 Å². The molecule has 1 aromatic heterocycles. The van der Waals surface area contributed by atoms with Crippen LogP contribution in [-0.2, 0) is 23.8 Å². The van der Waals surface area contributed by atoms with Gasteiger partial charge in [-0.3, -0.25) is 0 Å². The van der Waals surface area contributed by atoms with E-state index in [1.165, 1.54) is 10.7 Å². The van der Waals surface area contributed by atoms with Gasteiger partial charge < -0.3 is 10.1 Å². The fourth-order valence-electron chi connectivity index (χ4n) is 3.11. The summed E-state index contributed by atoms with van der Waals surface area (Å²) in [6, 6.07) is 3.30. The molecule has 26 heavy (non-hydrogen) atoms. The molecule has 142 valence electrons. The summed E-state index contributed by atoms with van der Waals surface area (Å²) in [6.45, 7) is 3.81. The summed E-state index contributed by atoms with van der Waals surface area (Å²) in [5.41, 5.74) is 1.37. The molecule has 3 rings (SSSR count). The number of nitrogens with zero attached hydrogens (tertiary/aromatic N) is 2. The average Bonchev–Trinajstić information content (AvgIpc) is 2.77. The monoisotopic (exact) mass is 387 g/mol. The molecule has 2 aromatic rings. The van der Waals surface area contributed by atoms with Crippen molar-refractivity contribution in [3.05, 3.63) is 40.0 Å². The first kappa shape index (κ1) is 19.0. The number of alkyl halides is 3. The lowest BCUT2D eigenvalue weighted by molar-refractivity contribution is -0.137. The Bertz CT molecular complexity index is 774. The van der Waals surface area contributed by atoms with Crippen LogP contribution in [0.4, 0.5) is 19.0 Å². The first-order valence-electron chi connectivity index (χ1n) is 8.71. The number of nitrogens with one attached hydrogen (secondary N) is 1. The van der Waals surface area contributed by atoms with Crippen LogP contribution >= 0.6 is 11.6 Å². The molecule has 1 aliphatic heterocycles. The highest BCUT2D eigenvalue weighted by atomic mass is 35.5. The Hall–Kier alpha value is -1.73. The fourth-order valence-corrected chi connectivity index (χ4v) is 3.31. The second-order valence-electron chi connectivity index (χ2n) is 6.18. The zero-order chi connectivity index (χ0) is 18.7. The lowest BCUT2D eigenvalue weighted by atomic mass is 10.1. The maximum atomic E-state index is 13.1. The Kier molecular flexibility index (Phi) is 5.77. The SMILES string of the molecule is CCOCCc1nn(-c2cc(C(F)(F)F)ccc2Cl)c2c1CCCCN2. The summed E-state index contributed by atoms with van der Waals surface area (Å²) < 4.78 is 46.3. The van der Waals surface area contributed by atoms with Crippen molar-refractivity contribution in [2.75, 3.05) is 25.1 Å². The molecule has 0 radical (unpaired) electrons. The lowest BCUT2D eigenvalue weighted by Crippen LogP contribution is -2.10. The molecule has 0 saturated heterocycles. The van der Waals surface area contributed by atoms with E-state index in [2.05, 4.69) is 10.4 Å². The van der Waals surface area contributed by atoms with Crippen molar-refractivity contribution in [2.45, 2.75) is 38.8 Å². The summed E-state index contributed by atoms with van der Waals surface area (Å²) in [5, 5.41) is 8.12. The molecule has 0 amide bonds. The van der Waals surface area contributed by atoms with Crippen LogP contribution in [0.3, 0.4) is 0 Å². The molecule has 1 aliphatic rings. The van der Waals surface area contributed by atoms with Gasteiger partial charge in [-0.2, -0.15) is 18.3 Å². The minimum absolute atomic E-state index is 0.228. The maximum absolute atomic E-state index is 13.1. The van der Waals surface area contributed by atoms with Crippen molar-refractivity contribution in [1.29, 1.82) is 0 Å². The van der Waals surface area contributed by atoms with E-state index < -0.39 is 11.7 Å². The van der Waals surface area contributed by atoms with Crippen molar-refractivity contribution >= 4 is 17.4 Å². The van der Waals surface area contributed by atoms with Gasteiger partial charge in [0.1, 0.15) is 5.82 Å².